The van der Waals surface area contributed by atoms with Gasteiger partial charge in [0, 0.05) is 19.1 Å². The summed E-state index contributed by atoms with van der Waals surface area (Å²) in [7, 11) is 4.15. The molecular weight excluding hydrogens is 240 g/mol. The monoisotopic (exact) mass is 262 g/mol. The van der Waals surface area contributed by atoms with Crippen LogP contribution in [-0.2, 0) is 0 Å². The zero-order chi connectivity index (χ0) is 13.4. The summed E-state index contributed by atoms with van der Waals surface area (Å²) in [5.41, 5.74) is 7.29. The number of nitrogens with two attached hydrogens (primary N) is 1. The number of imidazole rings is 1. The summed E-state index contributed by atoms with van der Waals surface area (Å²) in [4.78, 5) is 13.1. The SMILES string of the molecule is CN(C)CCN1C(N)=NCC1c1cncn1C1CC1. The molecule has 1 saturated carbocycles. The van der Waals surface area contributed by atoms with Crippen molar-refractivity contribution in [3.63, 3.8) is 0 Å². The van der Waals surface area contributed by atoms with E-state index in [0.717, 1.165) is 19.6 Å². The normalized spacial score (nSPS) is 23.2. The molecule has 1 unspecified atom stereocenters. The Hall–Kier alpha value is -1.56. The van der Waals surface area contributed by atoms with Gasteiger partial charge >= 0.3 is 0 Å². The highest BCUT2D eigenvalue weighted by atomic mass is 15.3. The molecule has 1 aromatic rings. The minimum absolute atomic E-state index is 0.253. The van der Waals surface area contributed by atoms with Crippen LogP contribution in [0.5, 0.6) is 0 Å². The van der Waals surface area contributed by atoms with Crippen molar-refractivity contribution in [3.8, 4) is 0 Å². The van der Waals surface area contributed by atoms with E-state index in [2.05, 4.69) is 38.4 Å². The first-order valence-corrected chi connectivity index (χ1v) is 6.90. The quantitative estimate of drug-likeness (QED) is 0.837. The van der Waals surface area contributed by atoms with Crippen molar-refractivity contribution in [2.75, 3.05) is 33.7 Å². The highest BCUT2D eigenvalue weighted by molar-refractivity contribution is 5.80. The summed E-state index contributed by atoms with van der Waals surface area (Å²) < 4.78 is 2.31. The molecule has 0 amide bonds. The lowest BCUT2D eigenvalue weighted by atomic mass is 10.2. The average molecular weight is 262 g/mol. The van der Waals surface area contributed by atoms with Crippen molar-refractivity contribution in [2.24, 2.45) is 10.7 Å². The molecule has 2 aliphatic rings. The Bertz CT molecular complexity index is 473. The minimum Gasteiger partial charge on any atom is -0.370 e. The summed E-state index contributed by atoms with van der Waals surface area (Å²) in [6.45, 7) is 2.63. The second kappa shape index (κ2) is 4.85. The number of aliphatic imine (C=N–C) groups is 1. The van der Waals surface area contributed by atoms with Gasteiger partial charge in [-0.2, -0.15) is 0 Å². The largest absolute Gasteiger partial charge is 0.370 e. The number of hydrogen-bond donors (Lipinski definition) is 1. The first-order chi connectivity index (χ1) is 9.16. The van der Waals surface area contributed by atoms with Gasteiger partial charge in [-0.05, 0) is 26.9 Å². The van der Waals surface area contributed by atoms with E-state index in [9.17, 15) is 0 Å². The second-order valence-corrected chi connectivity index (χ2v) is 5.67. The highest BCUT2D eigenvalue weighted by Crippen LogP contribution is 2.38. The van der Waals surface area contributed by atoms with Gasteiger partial charge in [0.05, 0.1) is 30.8 Å². The number of likely N-dealkylation sites (N-methyl/N-ethyl adjacent to an activating group) is 1. The van der Waals surface area contributed by atoms with E-state index in [-0.39, 0.29) is 6.04 Å². The van der Waals surface area contributed by atoms with Crippen LogP contribution in [0.3, 0.4) is 0 Å². The molecule has 2 N–H and O–H groups in total. The van der Waals surface area contributed by atoms with Crippen molar-refractivity contribution in [1.29, 1.82) is 0 Å². The maximum absolute atomic E-state index is 6.03. The number of aromatic nitrogens is 2. The highest BCUT2D eigenvalue weighted by Gasteiger charge is 2.33. The fourth-order valence-corrected chi connectivity index (χ4v) is 2.59. The number of nitrogens with zero attached hydrogens (tertiary/aromatic N) is 5. The molecule has 0 bridgehead atoms. The van der Waals surface area contributed by atoms with E-state index >= 15 is 0 Å². The van der Waals surface area contributed by atoms with E-state index < -0.39 is 0 Å². The Kier molecular flexibility index (Phi) is 3.18. The van der Waals surface area contributed by atoms with Crippen molar-refractivity contribution in [3.05, 3.63) is 18.2 Å². The van der Waals surface area contributed by atoms with Gasteiger partial charge in [-0.25, -0.2) is 4.98 Å². The average Bonchev–Trinajstić information content (AvgIpc) is 2.98. The van der Waals surface area contributed by atoms with Gasteiger partial charge in [-0.1, -0.05) is 0 Å². The molecule has 1 aliphatic heterocycles. The fraction of sp³-hybridized carbons (Fsp3) is 0.692. The summed E-state index contributed by atoms with van der Waals surface area (Å²) in [5, 5.41) is 0. The van der Waals surface area contributed by atoms with Crippen molar-refractivity contribution < 1.29 is 0 Å². The smallest absolute Gasteiger partial charge is 0.192 e. The summed E-state index contributed by atoms with van der Waals surface area (Å²) in [6, 6.07) is 0.901. The second-order valence-electron chi connectivity index (χ2n) is 5.67. The number of rotatable bonds is 5. The van der Waals surface area contributed by atoms with Crippen LogP contribution in [0.15, 0.2) is 17.5 Å². The Morgan fingerprint density at radius 1 is 1.42 bits per heavy atom. The maximum atomic E-state index is 6.03. The molecule has 104 valence electrons. The lowest BCUT2D eigenvalue weighted by Crippen LogP contribution is -2.40. The molecule has 3 rings (SSSR count). The minimum atomic E-state index is 0.253. The van der Waals surface area contributed by atoms with Crippen LogP contribution in [0.2, 0.25) is 0 Å². The molecule has 0 saturated heterocycles. The summed E-state index contributed by atoms with van der Waals surface area (Å²) in [6.07, 6.45) is 6.46. The molecule has 1 aromatic heterocycles. The first kappa shape index (κ1) is 12.5. The molecule has 2 heterocycles. The molecule has 6 nitrogen and oxygen atoms in total. The standard InChI is InChI=1S/C13H22N6/c1-17(2)5-6-18-12(8-16-13(18)14)11-7-15-9-19(11)10-3-4-10/h7,9-10,12H,3-6,8H2,1-2H3,(H2,14,16). The molecule has 6 heteroatoms. The third kappa shape index (κ3) is 2.45. The first-order valence-electron chi connectivity index (χ1n) is 6.90. The van der Waals surface area contributed by atoms with Crippen LogP contribution in [0.25, 0.3) is 0 Å². The topological polar surface area (TPSA) is 62.7 Å². The van der Waals surface area contributed by atoms with E-state index in [0.29, 0.717) is 12.0 Å². The van der Waals surface area contributed by atoms with Crippen molar-refractivity contribution >= 4 is 5.96 Å². The Labute approximate surface area is 113 Å². The van der Waals surface area contributed by atoms with Crippen molar-refractivity contribution in [2.45, 2.75) is 24.9 Å². The lowest BCUT2D eigenvalue weighted by Gasteiger charge is -2.28. The fourth-order valence-electron chi connectivity index (χ4n) is 2.59. The molecule has 1 fully saturated rings. The predicted molar refractivity (Wildman–Crippen MR) is 75.0 cm³/mol. The third-order valence-electron chi connectivity index (χ3n) is 3.86. The molecule has 1 aliphatic carbocycles. The third-order valence-corrected chi connectivity index (χ3v) is 3.86. The Morgan fingerprint density at radius 2 is 2.21 bits per heavy atom. The predicted octanol–water partition coefficient (Wildman–Crippen LogP) is 0.451. The van der Waals surface area contributed by atoms with Crippen LogP contribution in [0, 0.1) is 0 Å². The Balaban J connectivity index is 1.77. The van der Waals surface area contributed by atoms with Gasteiger partial charge in [0.25, 0.3) is 0 Å². The van der Waals surface area contributed by atoms with E-state index in [4.69, 9.17) is 5.73 Å². The van der Waals surface area contributed by atoms with Gasteiger partial charge in [-0.15, -0.1) is 0 Å². The Morgan fingerprint density at radius 3 is 2.89 bits per heavy atom. The van der Waals surface area contributed by atoms with Crippen LogP contribution in [0.4, 0.5) is 0 Å². The zero-order valence-corrected chi connectivity index (χ0v) is 11.7. The van der Waals surface area contributed by atoms with Gasteiger partial charge < -0.3 is 20.1 Å². The van der Waals surface area contributed by atoms with Gasteiger partial charge in [0.1, 0.15) is 0 Å². The number of guanidine groups is 1. The van der Waals surface area contributed by atoms with E-state index in [1.807, 2.05) is 12.5 Å². The van der Waals surface area contributed by atoms with Crippen LogP contribution >= 0.6 is 0 Å². The summed E-state index contributed by atoms with van der Waals surface area (Å²) >= 11 is 0. The maximum Gasteiger partial charge on any atom is 0.192 e. The van der Waals surface area contributed by atoms with Crippen LogP contribution < -0.4 is 5.73 Å². The van der Waals surface area contributed by atoms with Gasteiger partial charge in [0.2, 0.25) is 0 Å². The van der Waals surface area contributed by atoms with Gasteiger partial charge in [0.15, 0.2) is 5.96 Å². The lowest BCUT2D eigenvalue weighted by molar-refractivity contribution is 0.285. The zero-order valence-electron chi connectivity index (χ0n) is 11.7. The van der Waals surface area contributed by atoms with E-state index in [1.54, 1.807) is 0 Å². The van der Waals surface area contributed by atoms with Crippen LogP contribution in [0.1, 0.15) is 30.6 Å². The number of hydrogen-bond acceptors (Lipinski definition) is 5. The molecule has 0 radical (unpaired) electrons. The molecule has 19 heavy (non-hydrogen) atoms. The molecule has 1 atom stereocenters. The molecule has 0 aromatic carbocycles. The molecule has 0 spiro atoms. The van der Waals surface area contributed by atoms with Crippen LogP contribution in [-0.4, -0.2) is 59.0 Å². The molecular formula is C13H22N6. The van der Waals surface area contributed by atoms with Gasteiger partial charge in [-0.3, -0.25) is 4.99 Å². The van der Waals surface area contributed by atoms with Crippen molar-refractivity contribution in [1.82, 2.24) is 19.4 Å². The summed E-state index contributed by atoms with van der Waals surface area (Å²) in [5.74, 6) is 0.662. The van der Waals surface area contributed by atoms with E-state index in [1.165, 1.54) is 18.5 Å².